The summed E-state index contributed by atoms with van der Waals surface area (Å²) in [5.41, 5.74) is 1.29. The highest BCUT2D eigenvalue weighted by atomic mass is 35.5. The number of aliphatic hydroxyl groups excluding tert-OH is 1. The van der Waals surface area contributed by atoms with Gasteiger partial charge in [-0.15, -0.1) is 0 Å². The Morgan fingerprint density at radius 3 is 2.95 bits per heavy atom. The second kappa shape index (κ2) is 5.94. The average molecular weight is 313 g/mol. The number of nitrogens with zero attached hydrogens (tertiary/aromatic N) is 4. The van der Waals surface area contributed by atoms with Crippen LogP contribution in [0, 0.1) is 5.92 Å². The van der Waals surface area contributed by atoms with Gasteiger partial charge in [0.05, 0.1) is 10.7 Å². The number of carbonyl (C=O) groups excluding carboxylic acids is 1. The van der Waals surface area contributed by atoms with Gasteiger partial charge in [-0.25, -0.2) is 0 Å². The highest BCUT2D eigenvalue weighted by Gasteiger charge is 2.31. The van der Waals surface area contributed by atoms with Gasteiger partial charge in [0.25, 0.3) is 5.91 Å². The SMILES string of the molecule is CN1CCCn2nc(C(=O)N3CCC(CO)C3)c(Cl)c2C1. The second-order valence-corrected chi connectivity index (χ2v) is 6.39. The number of aromatic nitrogens is 2. The Hall–Kier alpha value is -1.11. The van der Waals surface area contributed by atoms with Crippen LogP contribution in [0.15, 0.2) is 0 Å². The maximum atomic E-state index is 12.6. The maximum Gasteiger partial charge on any atom is 0.275 e. The first-order chi connectivity index (χ1) is 10.1. The summed E-state index contributed by atoms with van der Waals surface area (Å²) >= 11 is 6.42. The quantitative estimate of drug-likeness (QED) is 0.878. The minimum absolute atomic E-state index is 0.112. The van der Waals surface area contributed by atoms with Crippen molar-refractivity contribution in [1.29, 1.82) is 0 Å². The molecule has 0 aliphatic carbocycles. The molecule has 1 saturated heterocycles. The van der Waals surface area contributed by atoms with Gasteiger partial charge in [-0.3, -0.25) is 9.48 Å². The standard InChI is InChI=1S/C14H21ClN4O2/c1-17-4-2-5-19-11(8-17)12(15)13(16-19)14(21)18-6-3-10(7-18)9-20/h10,20H,2-9H2,1H3. The average Bonchev–Trinajstić information content (AvgIpc) is 3.01. The third-order valence-corrected chi connectivity index (χ3v) is 4.75. The normalized spacial score (nSPS) is 23.2. The molecule has 1 atom stereocenters. The van der Waals surface area contributed by atoms with Crippen molar-refractivity contribution in [3.63, 3.8) is 0 Å². The third-order valence-electron chi connectivity index (χ3n) is 4.36. The van der Waals surface area contributed by atoms with E-state index in [1.165, 1.54) is 0 Å². The fraction of sp³-hybridized carbons (Fsp3) is 0.714. The van der Waals surface area contributed by atoms with Crippen molar-refractivity contribution >= 4 is 17.5 Å². The lowest BCUT2D eigenvalue weighted by Gasteiger charge is -2.15. The predicted octanol–water partition coefficient (Wildman–Crippen LogP) is 0.826. The number of hydrogen-bond acceptors (Lipinski definition) is 4. The number of rotatable bonds is 2. The van der Waals surface area contributed by atoms with E-state index < -0.39 is 0 Å². The molecule has 1 N–H and O–H groups in total. The lowest BCUT2D eigenvalue weighted by atomic mass is 10.1. The van der Waals surface area contributed by atoms with Crippen LogP contribution in [0.1, 0.15) is 29.0 Å². The van der Waals surface area contributed by atoms with Crippen LogP contribution in [0.25, 0.3) is 0 Å². The van der Waals surface area contributed by atoms with Crippen molar-refractivity contribution in [2.45, 2.75) is 25.9 Å². The van der Waals surface area contributed by atoms with E-state index in [0.717, 1.165) is 38.2 Å². The number of halogens is 1. The highest BCUT2D eigenvalue weighted by Crippen LogP contribution is 2.27. The molecule has 1 amide bonds. The van der Waals surface area contributed by atoms with Crippen LogP contribution in [0.3, 0.4) is 0 Å². The van der Waals surface area contributed by atoms with Gasteiger partial charge < -0.3 is 14.9 Å². The van der Waals surface area contributed by atoms with E-state index in [2.05, 4.69) is 10.00 Å². The van der Waals surface area contributed by atoms with E-state index in [4.69, 9.17) is 11.6 Å². The molecule has 0 saturated carbocycles. The van der Waals surface area contributed by atoms with Crippen molar-refractivity contribution in [3.05, 3.63) is 16.4 Å². The molecule has 3 rings (SSSR count). The maximum absolute atomic E-state index is 12.6. The molecule has 6 nitrogen and oxygen atoms in total. The van der Waals surface area contributed by atoms with E-state index in [1.807, 2.05) is 11.7 Å². The Bertz CT molecular complexity index is 545. The van der Waals surface area contributed by atoms with Gasteiger partial charge in [0.1, 0.15) is 0 Å². The fourth-order valence-electron chi connectivity index (χ4n) is 3.09. The summed E-state index contributed by atoms with van der Waals surface area (Å²) in [5, 5.41) is 14.1. The smallest absolute Gasteiger partial charge is 0.275 e. The molecule has 0 radical (unpaired) electrons. The number of amides is 1. The van der Waals surface area contributed by atoms with E-state index in [9.17, 15) is 9.90 Å². The minimum atomic E-state index is -0.112. The van der Waals surface area contributed by atoms with E-state index in [1.54, 1.807) is 4.90 Å². The Morgan fingerprint density at radius 2 is 2.24 bits per heavy atom. The van der Waals surface area contributed by atoms with Gasteiger partial charge in [0.15, 0.2) is 5.69 Å². The van der Waals surface area contributed by atoms with Crippen LogP contribution < -0.4 is 0 Å². The molecule has 2 aliphatic rings. The summed E-state index contributed by atoms with van der Waals surface area (Å²) in [6, 6.07) is 0. The van der Waals surface area contributed by atoms with Crippen LogP contribution in [0.4, 0.5) is 0 Å². The summed E-state index contributed by atoms with van der Waals surface area (Å²) in [5.74, 6) is 0.0680. The zero-order chi connectivity index (χ0) is 15.0. The molecule has 1 fully saturated rings. The molecule has 0 spiro atoms. The number of carbonyl (C=O) groups is 1. The van der Waals surface area contributed by atoms with Crippen LogP contribution in [0.5, 0.6) is 0 Å². The molecule has 1 aromatic rings. The molecule has 7 heteroatoms. The van der Waals surface area contributed by atoms with Gasteiger partial charge in [-0.2, -0.15) is 5.10 Å². The van der Waals surface area contributed by atoms with E-state index >= 15 is 0 Å². The molecule has 1 unspecified atom stereocenters. The topological polar surface area (TPSA) is 61.6 Å². The van der Waals surface area contributed by atoms with Crippen LogP contribution in [-0.4, -0.2) is 63.9 Å². The molecule has 3 heterocycles. The van der Waals surface area contributed by atoms with E-state index in [0.29, 0.717) is 23.8 Å². The van der Waals surface area contributed by atoms with Gasteiger partial charge in [-0.05, 0) is 19.9 Å². The van der Waals surface area contributed by atoms with Gasteiger partial charge >= 0.3 is 0 Å². The Morgan fingerprint density at radius 1 is 1.43 bits per heavy atom. The number of likely N-dealkylation sites (tertiary alicyclic amines) is 1. The Balaban J connectivity index is 1.83. The molecule has 1 aromatic heterocycles. The van der Waals surface area contributed by atoms with E-state index in [-0.39, 0.29) is 18.4 Å². The van der Waals surface area contributed by atoms with Crippen LogP contribution >= 0.6 is 11.6 Å². The molecule has 116 valence electrons. The third kappa shape index (κ3) is 2.80. The number of aryl methyl sites for hydroxylation is 1. The molecule has 21 heavy (non-hydrogen) atoms. The minimum Gasteiger partial charge on any atom is -0.396 e. The van der Waals surface area contributed by atoms with Crippen molar-refractivity contribution < 1.29 is 9.90 Å². The first-order valence-electron chi connectivity index (χ1n) is 7.44. The zero-order valence-electron chi connectivity index (χ0n) is 12.3. The molecular formula is C14H21ClN4O2. The summed E-state index contributed by atoms with van der Waals surface area (Å²) < 4.78 is 1.87. The Kier molecular flexibility index (Phi) is 4.19. The summed E-state index contributed by atoms with van der Waals surface area (Å²) in [7, 11) is 2.05. The molecule has 0 aromatic carbocycles. The predicted molar refractivity (Wildman–Crippen MR) is 79.3 cm³/mol. The largest absolute Gasteiger partial charge is 0.396 e. The van der Waals surface area contributed by atoms with Crippen molar-refractivity contribution in [1.82, 2.24) is 19.6 Å². The van der Waals surface area contributed by atoms with Gasteiger partial charge in [-0.1, -0.05) is 11.6 Å². The second-order valence-electron chi connectivity index (χ2n) is 6.01. The van der Waals surface area contributed by atoms with Crippen LogP contribution in [-0.2, 0) is 13.1 Å². The van der Waals surface area contributed by atoms with Crippen molar-refractivity contribution in [2.24, 2.45) is 5.92 Å². The molecule has 2 aliphatic heterocycles. The zero-order valence-corrected chi connectivity index (χ0v) is 13.0. The van der Waals surface area contributed by atoms with Crippen molar-refractivity contribution in [2.75, 3.05) is 33.3 Å². The first kappa shape index (κ1) is 14.8. The summed E-state index contributed by atoms with van der Waals surface area (Å²) in [6.07, 6.45) is 1.85. The van der Waals surface area contributed by atoms with Crippen molar-refractivity contribution in [3.8, 4) is 0 Å². The monoisotopic (exact) mass is 312 g/mol. The highest BCUT2D eigenvalue weighted by molar-refractivity contribution is 6.34. The lowest BCUT2D eigenvalue weighted by molar-refractivity contribution is 0.0775. The Labute approximate surface area is 129 Å². The number of fused-ring (bicyclic) bond motifs is 1. The summed E-state index contributed by atoms with van der Waals surface area (Å²) in [6.45, 7) is 3.91. The van der Waals surface area contributed by atoms with Crippen LogP contribution in [0.2, 0.25) is 5.02 Å². The molecular weight excluding hydrogens is 292 g/mol. The fourth-order valence-corrected chi connectivity index (χ4v) is 3.36. The number of aliphatic hydroxyl groups is 1. The summed E-state index contributed by atoms with van der Waals surface area (Å²) in [4.78, 5) is 16.5. The molecule has 0 bridgehead atoms. The lowest BCUT2D eigenvalue weighted by Crippen LogP contribution is -2.30. The van der Waals surface area contributed by atoms with Gasteiger partial charge in [0.2, 0.25) is 0 Å². The first-order valence-corrected chi connectivity index (χ1v) is 7.81. The van der Waals surface area contributed by atoms with Gasteiger partial charge in [0, 0.05) is 45.2 Å². The number of hydrogen-bond donors (Lipinski definition) is 1.